The Morgan fingerprint density at radius 2 is 1.69 bits per heavy atom. The molecule has 0 spiro atoms. The van der Waals surface area contributed by atoms with E-state index in [1.54, 1.807) is 0 Å². The van der Waals surface area contributed by atoms with Crippen molar-refractivity contribution in [2.24, 2.45) is 5.73 Å². The van der Waals surface area contributed by atoms with Crippen molar-refractivity contribution in [1.29, 1.82) is 0 Å². The van der Waals surface area contributed by atoms with E-state index < -0.39 is 0 Å². The lowest BCUT2D eigenvalue weighted by Crippen LogP contribution is -2.33. The summed E-state index contributed by atoms with van der Waals surface area (Å²) < 4.78 is 7.05. The average molecular weight is 286 g/mol. The van der Waals surface area contributed by atoms with E-state index >= 15 is 0 Å². The first-order chi connectivity index (χ1) is 7.29. The first kappa shape index (κ1) is 13.7. The maximum absolute atomic E-state index is 5.98. The minimum Gasteiger partial charge on any atom is -0.366 e. The summed E-state index contributed by atoms with van der Waals surface area (Å²) in [5, 5.41) is 0. The highest BCUT2D eigenvalue weighted by Gasteiger charge is 2.23. The Morgan fingerprint density at radius 1 is 1.19 bits per heavy atom. The molecule has 0 bridgehead atoms. The fourth-order valence-corrected chi connectivity index (χ4v) is 1.78. The third-order valence-electron chi connectivity index (χ3n) is 2.16. The fraction of sp³-hybridized carbons (Fsp3) is 0.538. The van der Waals surface area contributed by atoms with E-state index in [2.05, 4.69) is 15.9 Å². The van der Waals surface area contributed by atoms with Crippen LogP contribution in [0.3, 0.4) is 0 Å². The summed E-state index contributed by atoms with van der Waals surface area (Å²) in [6.45, 7) is 8.10. The maximum atomic E-state index is 5.98. The number of halogens is 1. The van der Waals surface area contributed by atoms with Crippen molar-refractivity contribution in [2.75, 3.05) is 0 Å². The van der Waals surface area contributed by atoms with Crippen LogP contribution in [0.15, 0.2) is 28.7 Å². The zero-order valence-electron chi connectivity index (χ0n) is 10.3. The Bertz CT molecular complexity index is 327. The third-order valence-corrected chi connectivity index (χ3v) is 2.69. The molecule has 2 nitrogen and oxygen atoms in total. The second-order valence-corrected chi connectivity index (χ2v) is 5.98. The van der Waals surface area contributed by atoms with Gasteiger partial charge in [-0.3, -0.25) is 0 Å². The summed E-state index contributed by atoms with van der Waals surface area (Å²) in [5.74, 6) is 0. The van der Waals surface area contributed by atoms with E-state index in [1.165, 1.54) is 0 Å². The number of ether oxygens (including phenoxy) is 1. The molecule has 2 unspecified atom stereocenters. The fourth-order valence-electron chi connectivity index (χ4n) is 1.51. The molecular weight excluding hydrogens is 266 g/mol. The van der Waals surface area contributed by atoms with Crippen LogP contribution in [0.25, 0.3) is 0 Å². The Labute approximate surface area is 106 Å². The van der Waals surface area contributed by atoms with Gasteiger partial charge in [-0.25, -0.2) is 0 Å². The smallest absolute Gasteiger partial charge is 0.0980 e. The van der Waals surface area contributed by atoms with E-state index in [9.17, 15) is 0 Å². The van der Waals surface area contributed by atoms with Gasteiger partial charge in [0.1, 0.15) is 0 Å². The van der Waals surface area contributed by atoms with Gasteiger partial charge in [-0.1, -0.05) is 28.1 Å². The number of nitrogens with two attached hydrogens (primary N) is 1. The maximum Gasteiger partial charge on any atom is 0.0980 e. The van der Waals surface area contributed by atoms with Crippen LogP contribution in [0.4, 0.5) is 0 Å². The number of rotatable bonds is 3. The van der Waals surface area contributed by atoms with Gasteiger partial charge in [0, 0.05) is 10.5 Å². The van der Waals surface area contributed by atoms with Crippen LogP contribution < -0.4 is 5.73 Å². The molecule has 0 aliphatic carbocycles. The lowest BCUT2D eigenvalue weighted by atomic mass is 10.0. The Morgan fingerprint density at radius 3 is 2.06 bits per heavy atom. The molecule has 2 N–H and O–H groups in total. The van der Waals surface area contributed by atoms with Crippen molar-refractivity contribution >= 4 is 15.9 Å². The Hall–Kier alpha value is -0.380. The van der Waals surface area contributed by atoms with Crippen LogP contribution in [0.2, 0.25) is 0 Å². The zero-order chi connectivity index (χ0) is 12.3. The number of hydrogen-bond donors (Lipinski definition) is 1. The summed E-state index contributed by atoms with van der Waals surface area (Å²) in [5.41, 5.74) is 6.91. The molecule has 0 fully saturated rings. The summed E-state index contributed by atoms with van der Waals surface area (Å²) >= 11 is 3.42. The van der Waals surface area contributed by atoms with Gasteiger partial charge < -0.3 is 10.5 Å². The number of hydrogen-bond acceptors (Lipinski definition) is 2. The lowest BCUT2D eigenvalue weighted by molar-refractivity contribution is -0.0701. The first-order valence-electron chi connectivity index (χ1n) is 5.48. The highest BCUT2D eigenvalue weighted by atomic mass is 79.9. The van der Waals surface area contributed by atoms with Gasteiger partial charge in [-0.2, -0.15) is 0 Å². The van der Waals surface area contributed by atoms with E-state index in [4.69, 9.17) is 10.5 Å². The van der Waals surface area contributed by atoms with Crippen LogP contribution in [0.1, 0.15) is 39.4 Å². The summed E-state index contributed by atoms with van der Waals surface area (Å²) in [7, 11) is 0. The largest absolute Gasteiger partial charge is 0.366 e. The minimum atomic E-state index is -0.189. The molecule has 0 saturated heterocycles. The normalized spacial score (nSPS) is 15.9. The molecule has 1 rings (SSSR count). The Balaban J connectivity index is 2.90. The van der Waals surface area contributed by atoms with Crippen LogP contribution >= 0.6 is 15.9 Å². The first-order valence-corrected chi connectivity index (χ1v) is 6.28. The molecule has 3 heteroatoms. The molecule has 1 aromatic carbocycles. The highest BCUT2D eigenvalue weighted by molar-refractivity contribution is 9.10. The van der Waals surface area contributed by atoms with Gasteiger partial charge >= 0.3 is 0 Å². The average Bonchev–Trinajstić information content (AvgIpc) is 2.14. The van der Waals surface area contributed by atoms with Gasteiger partial charge in [0.05, 0.1) is 11.7 Å². The predicted octanol–water partition coefficient (Wildman–Crippen LogP) is 3.65. The summed E-state index contributed by atoms with van der Waals surface area (Å²) in [6, 6.07) is 8.08. The molecular formula is C13H20BrNO. The molecule has 2 atom stereocenters. The molecule has 0 amide bonds. The van der Waals surface area contributed by atoms with Gasteiger partial charge in [0.15, 0.2) is 0 Å². The van der Waals surface area contributed by atoms with Crippen molar-refractivity contribution < 1.29 is 4.74 Å². The molecule has 0 heterocycles. The molecule has 0 radical (unpaired) electrons. The Kier molecular flexibility index (Phi) is 4.53. The SMILES string of the molecule is CC(N)C(OC(C)(C)C)c1ccc(Br)cc1. The molecule has 0 saturated carbocycles. The monoisotopic (exact) mass is 285 g/mol. The third kappa shape index (κ3) is 4.24. The molecule has 16 heavy (non-hydrogen) atoms. The van der Waals surface area contributed by atoms with Crippen molar-refractivity contribution in [3.05, 3.63) is 34.3 Å². The van der Waals surface area contributed by atoms with Gasteiger partial charge in [-0.15, -0.1) is 0 Å². The van der Waals surface area contributed by atoms with Crippen molar-refractivity contribution in [3.8, 4) is 0 Å². The van der Waals surface area contributed by atoms with Crippen molar-refractivity contribution in [1.82, 2.24) is 0 Å². The van der Waals surface area contributed by atoms with Crippen LogP contribution in [-0.2, 0) is 4.74 Å². The van der Waals surface area contributed by atoms with Gasteiger partial charge in [0.25, 0.3) is 0 Å². The van der Waals surface area contributed by atoms with Gasteiger partial charge in [-0.05, 0) is 45.4 Å². The van der Waals surface area contributed by atoms with Crippen LogP contribution in [0, 0.1) is 0 Å². The molecule has 0 aliphatic rings. The molecule has 1 aromatic rings. The predicted molar refractivity (Wildman–Crippen MR) is 71.4 cm³/mol. The molecule has 0 aromatic heterocycles. The van der Waals surface area contributed by atoms with E-state index in [0.717, 1.165) is 10.0 Å². The van der Waals surface area contributed by atoms with Gasteiger partial charge in [0.2, 0.25) is 0 Å². The standard InChI is InChI=1S/C13H20BrNO/c1-9(15)12(16-13(2,3)4)10-5-7-11(14)8-6-10/h5-9,12H,15H2,1-4H3. The highest BCUT2D eigenvalue weighted by Crippen LogP contribution is 2.27. The van der Waals surface area contributed by atoms with Crippen molar-refractivity contribution in [2.45, 2.75) is 45.4 Å². The van der Waals surface area contributed by atoms with E-state index in [0.29, 0.717) is 0 Å². The van der Waals surface area contributed by atoms with E-state index in [-0.39, 0.29) is 17.7 Å². The lowest BCUT2D eigenvalue weighted by Gasteiger charge is -2.30. The molecule has 90 valence electrons. The van der Waals surface area contributed by atoms with E-state index in [1.807, 2.05) is 52.0 Å². The van der Waals surface area contributed by atoms with Crippen molar-refractivity contribution in [3.63, 3.8) is 0 Å². The number of benzene rings is 1. The van der Waals surface area contributed by atoms with Crippen LogP contribution in [-0.4, -0.2) is 11.6 Å². The topological polar surface area (TPSA) is 35.2 Å². The second-order valence-electron chi connectivity index (χ2n) is 5.06. The molecule has 0 aliphatic heterocycles. The van der Waals surface area contributed by atoms with Crippen LogP contribution in [0.5, 0.6) is 0 Å². The zero-order valence-corrected chi connectivity index (χ0v) is 11.9. The second kappa shape index (κ2) is 5.30. The summed E-state index contributed by atoms with van der Waals surface area (Å²) in [4.78, 5) is 0. The summed E-state index contributed by atoms with van der Waals surface area (Å²) in [6.07, 6.45) is -0.0619. The minimum absolute atomic E-state index is 0.0274. The quantitative estimate of drug-likeness (QED) is 0.920.